The van der Waals surface area contributed by atoms with Gasteiger partial charge in [-0.15, -0.1) is 0 Å². The van der Waals surface area contributed by atoms with Crippen molar-refractivity contribution in [1.29, 1.82) is 0 Å². The first-order valence-electron chi connectivity index (χ1n) is 12.1. The van der Waals surface area contributed by atoms with E-state index in [0.29, 0.717) is 55.1 Å². The SMILES string of the molecule is COC(=O)CC[C@@H](C)[C@H]1CC[C@H]2[C@@H]3C(=O)C[C@@H]4CC(O)(O)CC[C@]4(C)[C@H]3CC[C@]12C. The molecule has 8 atom stereocenters. The number of carbonyl (C=O) groups excluding carboxylic acids is 2. The molecule has 0 heterocycles. The van der Waals surface area contributed by atoms with Crippen LogP contribution in [0, 0.1) is 46.3 Å². The fraction of sp³-hybridized carbons (Fsp3) is 0.920. The lowest BCUT2D eigenvalue weighted by Gasteiger charge is -2.61. The van der Waals surface area contributed by atoms with E-state index >= 15 is 0 Å². The number of ether oxygens (including phenoxy) is 1. The Labute approximate surface area is 180 Å². The Kier molecular flexibility index (Phi) is 5.63. The number of methoxy groups -OCH3 is 1. The van der Waals surface area contributed by atoms with Crippen molar-refractivity contribution in [1.82, 2.24) is 0 Å². The maximum Gasteiger partial charge on any atom is 0.305 e. The minimum absolute atomic E-state index is 0.0451. The summed E-state index contributed by atoms with van der Waals surface area (Å²) in [4.78, 5) is 25.1. The summed E-state index contributed by atoms with van der Waals surface area (Å²) in [5.74, 6) is 0.685. The molecule has 4 aliphatic rings. The molecule has 4 saturated carbocycles. The van der Waals surface area contributed by atoms with Crippen LogP contribution in [0.5, 0.6) is 0 Å². The Bertz CT molecular complexity index is 702. The Hall–Kier alpha value is -0.940. The standard InChI is InChI=1S/C25H40O5/c1-15(5-8-21(27)30-4)17-6-7-18-22-19(9-10-24(17,18)3)23(2)11-12-25(28,29)14-16(23)13-20(22)26/h15-19,22,28-29H,5-14H2,1-4H3/t15-,16-,17-,18+,19+,22+,23+,24-/m1/s1. The molecule has 30 heavy (non-hydrogen) atoms. The number of fused-ring (bicyclic) bond motifs is 5. The topological polar surface area (TPSA) is 83.8 Å². The molecule has 170 valence electrons. The molecule has 0 amide bonds. The van der Waals surface area contributed by atoms with Gasteiger partial charge in [0.15, 0.2) is 5.79 Å². The van der Waals surface area contributed by atoms with E-state index < -0.39 is 5.79 Å². The number of hydrogen-bond donors (Lipinski definition) is 2. The first-order chi connectivity index (χ1) is 14.0. The second kappa shape index (κ2) is 7.58. The number of rotatable bonds is 4. The summed E-state index contributed by atoms with van der Waals surface area (Å²) in [7, 11) is 1.45. The minimum atomic E-state index is -1.60. The third-order valence-electron chi connectivity index (χ3n) is 10.3. The molecule has 0 spiro atoms. The quantitative estimate of drug-likeness (QED) is 0.528. The lowest BCUT2D eigenvalue weighted by atomic mass is 9.44. The molecule has 2 N–H and O–H groups in total. The van der Waals surface area contributed by atoms with Gasteiger partial charge in [0, 0.05) is 31.6 Å². The zero-order chi connectivity index (χ0) is 21.9. The van der Waals surface area contributed by atoms with Crippen molar-refractivity contribution in [3.63, 3.8) is 0 Å². The second-order valence-corrected chi connectivity index (χ2v) is 11.6. The third-order valence-corrected chi connectivity index (χ3v) is 10.3. The van der Waals surface area contributed by atoms with Crippen LogP contribution in [0.15, 0.2) is 0 Å². The summed E-state index contributed by atoms with van der Waals surface area (Å²) in [5, 5.41) is 20.4. The predicted octanol–water partition coefficient (Wildman–Crippen LogP) is 4.09. The maximum absolute atomic E-state index is 13.4. The molecule has 0 saturated heterocycles. The van der Waals surface area contributed by atoms with E-state index in [1.165, 1.54) is 7.11 Å². The van der Waals surface area contributed by atoms with Crippen LogP contribution in [-0.4, -0.2) is 34.9 Å². The molecule has 4 aliphatic carbocycles. The van der Waals surface area contributed by atoms with Crippen molar-refractivity contribution < 1.29 is 24.5 Å². The van der Waals surface area contributed by atoms with Crippen molar-refractivity contribution >= 4 is 11.8 Å². The van der Waals surface area contributed by atoms with Gasteiger partial charge in [0.05, 0.1) is 7.11 Å². The second-order valence-electron chi connectivity index (χ2n) is 11.6. The van der Waals surface area contributed by atoms with E-state index in [1.807, 2.05) is 0 Å². The Morgan fingerprint density at radius 1 is 1.10 bits per heavy atom. The van der Waals surface area contributed by atoms with Gasteiger partial charge in [-0.2, -0.15) is 0 Å². The lowest BCUT2D eigenvalue weighted by molar-refractivity contribution is -0.230. The van der Waals surface area contributed by atoms with E-state index in [0.717, 1.165) is 38.5 Å². The number of Topliss-reactive ketones (excluding diaryl/α,β-unsaturated/α-hetero) is 1. The van der Waals surface area contributed by atoms with E-state index in [1.54, 1.807) is 0 Å². The summed E-state index contributed by atoms with van der Waals surface area (Å²) in [5.41, 5.74) is 0.214. The molecule has 4 rings (SSSR count). The molecule has 0 bridgehead atoms. The first kappa shape index (κ1) is 22.3. The third kappa shape index (κ3) is 3.44. The van der Waals surface area contributed by atoms with Gasteiger partial charge in [0.25, 0.3) is 0 Å². The highest BCUT2D eigenvalue weighted by Crippen LogP contribution is 2.68. The molecule has 0 unspecified atom stereocenters. The number of hydrogen-bond acceptors (Lipinski definition) is 5. The van der Waals surface area contributed by atoms with Crippen LogP contribution in [0.2, 0.25) is 0 Å². The molecule has 4 fully saturated rings. The molecular formula is C25H40O5. The Morgan fingerprint density at radius 3 is 2.50 bits per heavy atom. The smallest absolute Gasteiger partial charge is 0.305 e. The van der Waals surface area contributed by atoms with Crippen molar-refractivity contribution in [2.45, 2.75) is 90.8 Å². The van der Waals surface area contributed by atoms with Gasteiger partial charge in [0.1, 0.15) is 5.78 Å². The maximum atomic E-state index is 13.4. The summed E-state index contributed by atoms with van der Waals surface area (Å²) in [6.45, 7) is 7.01. The zero-order valence-corrected chi connectivity index (χ0v) is 19.2. The van der Waals surface area contributed by atoms with E-state index in [9.17, 15) is 19.8 Å². The molecule has 5 nitrogen and oxygen atoms in total. The molecule has 0 aromatic heterocycles. The molecule has 0 aromatic carbocycles. The van der Waals surface area contributed by atoms with Gasteiger partial charge in [-0.05, 0) is 78.9 Å². The van der Waals surface area contributed by atoms with Crippen LogP contribution in [-0.2, 0) is 14.3 Å². The monoisotopic (exact) mass is 420 g/mol. The molecule has 5 heteroatoms. The number of ketones is 1. The van der Waals surface area contributed by atoms with Gasteiger partial charge >= 0.3 is 5.97 Å². The summed E-state index contributed by atoms with van der Waals surface area (Å²) in [6.07, 6.45) is 7.89. The predicted molar refractivity (Wildman–Crippen MR) is 113 cm³/mol. The number of aliphatic hydroxyl groups is 2. The number of carbonyl (C=O) groups is 2. The number of esters is 1. The van der Waals surface area contributed by atoms with Gasteiger partial charge < -0.3 is 14.9 Å². The first-order valence-corrected chi connectivity index (χ1v) is 12.1. The highest BCUT2D eigenvalue weighted by Gasteiger charge is 2.63. The van der Waals surface area contributed by atoms with E-state index in [-0.39, 0.29) is 28.6 Å². The highest BCUT2D eigenvalue weighted by atomic mass is 16.5. The van der Waals surface area contributed by atoms with E-state index in [4.69, 9.17) is 4.74 Å². The van der Waals surface area contributed by atoms with Gasteiger partial charge in [-0.3, -0.25) is 9.59 Å². The average Bonchev–Trinajstić information content (AvgIpc) is 3.04. The molecular weight excluding hydrogens is 380 g/mol. The summed E-state index contributed by atoms with van der Waals surface area (Å²) in [6, 6.07) is 0. The fourth-order valence-corrected chi connectivity index (χ4v) is 8.53. The molecule has 0 aliphatic heterocycles. The molecule has 0 aromatic rings. The zero-order valence-electron chi connectivity index (χ0n) is 19.2. The van der Waals surface area contributed by atoms with Crippen LogP contribution < -0.4 is 0 Å². The Morgan fingerprint density at radius 2 is 1.80 bits per heavy atom. The minimum Gasteiger partial charge on any atom is -0.469 e. The molecule has 0 radical (unpaired) electrons. The average molecular weight is 421 g/mol. The van der Waals surface area contributed by atoms with Gasteiger partial charge in [0.2, 0.25) is 0 Å². The van der Waals surface area contributed by atoms with Crippen LogP contribution in [0.1, 0.15) is 85.0 Å². The van der Waals surface area contributed by atoms with Crippen LogP contribution in [0.4, 0.5) is 0 Å². The largest absolute Gasteiger partial charge is 0.469 e. The Balaban J connectivity index is 1.54. The van der Waals surface area contributed by atoms with Crippen LogP contribution in [0.25, 0.3) is 0 Å². The van der Waals surface area contributed by atoms with Crippen molar-refractivity contribution in [2.75, 3.05) is 7.11 Å². The summed E-state index contributed by atoms with van der Waals surface area (Å²) >= 11 is 0. The van der Waals surface area contributed by atoms with Crippen molar-refractivity contribution in [2.24, 2.45) is 46.3 Å². The van der Waals surface area contributed by atoms with Crippen LogP contribution in [0.3, 0.4) is 0 Å². The van der Waals surface area contributed by atoms with Gasteiger partial charge in [-0.25, -0.2) is 0 Å². The van der Waals surface area contributed by atoms with Crippen molar-refractivity contribution in [3.8, 4) is 0 Å². The van der Waals surface area contributed by atoms with E-state index in [2.05, 4.69) is 20.8 Å². The van der Waals surface area contributed by atoms with Gasteiger partial charge in [-0.1, -0.05) is 20.8 Å². The van der Waals surface area contributed by atoms with Crippen molar-refractivity contribution in [3.05, 3.63) is 0 Å². The normalized spacial score (nSPS) is 45.8. The fourth-order valence-electron chi connectivity index (χ4n) is 8.53. The summed E-state index contributed by atoms with van der Waals surface area (Å²) < 4.78 is 4.84. The lowest BCUT2D eigenvalue weighted by Crippen LogP contribution is -2.59. The van der Waals surface area contributed by atoms with Crippen LogP contribution >= 0.6 is 0 Å². The highest BCUT2D eigenvalue weighted by molar-refractivity contribution is 5.83.